The number of methoxy groups -OCH3 is 1. The number of benzene rings is 3. The normalized spacial score (nSPS) is 28.4. The molecule has 5 aromatic rings. The number of hydrogen-bond acceptors (Lipinski definition) is 14. The second kappa shape index (κ2) is 16.1. The van der Waals surface area contributed by atoms with Crippen LogP contribution in [0.3, 0.4) is 0 Å². The minimum Gasteiger partial charge on any atom is -0.467 e. The Balaban J connectivity index is 1.24. The Bertz CT molecular complexity index is 2170. The van der Waals surface area contributed by atoms with Gasteiger partial charge < -0.3 is 43.3 Å². The van der Waals surface area contributed by atoms with E-state index >= 15 is 0 Å². The van der Waals surface area contributed by atoms with Gasteiger partial charge in [0.2, 0.25) is 5.79 Å². The van der Waals surface area contributed by atoms with Crippen molar-refractivity contribution in [1.82, 2.24) is 19.5 Å². The van der Waals surface area contributed by atoms with Gasteiger partial charge in [0.1, 0.15) is 36.3 Å². The summed E-state index contributed by atoms with van der Waals surface area (Å²) < 4.78 is 54.8. The Kier molecular flexibility index (Phi) is 10.9. The highest BCUT2D eigenvalue weighted by atomic mass is 28.4. The molecule has 0 unspecified atom stereocenters. The summed E-state index contributed by atoms with van der Waals surface area (Å²) in [5.74, 6) is -2.75. The molecule has 3 aromatic carbocycles. The smallest absolute Gasteiger partial charge is 0.338 e. The molecule has 0 aliphatic carbocycles. The summed E-state index contributed by atoms with van der Waals surface area (Å²) in [5, 5.41) is 0. The maximum atomic E-state index is 13.9. The number of ether oxygens (including phenoxy) is 7. The second-order valence-corrected chi connectivity index (χ2v) is 19.6. The summed E-state index contributed by atoms with van der Waals surface area (Å²) >= 11 is 0. The van der Waals surface area contributed by atoms with Crippen molar-refractivity contribution >= 4 is 37.2 Å². The molecule has 298 valence electrons. The summed E-state index contributed by atoms with van der Waals surface area (Å²) in [6.45, 7) is 6.32. The standard InChI is InChI=1S/C41H45N5O10Si/c1-49-40(48)34-32(50-21-25-14-8-5-9-15-25)35(51-22-26-16-10-6-11-17-26)41(56-57(2,3)4)29(53-34)20-28-31(55-41)33(54-39(47)27-18-12-7-13-19-27)38(52-28)46-24-45-30-36(42)43-23-44-37(30)46/h5-19,23-24,28-29,31-35,38H,20-22H2,1-4H3,(H2,42,43,44)/t28-,29-,31+,32-,33-,34+,35+,38-,41+/m1/s1. The van der Waals surface area contributed by atoms with E-state index in [1.165, 1.54) is 19.8 Å². The molecule has 5 heterocycles. The molecule has 57 heavy (non-hydrogen) atoms. The minimum atomic E-state index is -2.60. The fourth-order valence-electron chi connectivity index (χ4n) is 7.76. The quantitative estimate of drug-likeness (QED) is 0.132. The Labute approximate surface area is 330 Å². The molecule has 3 aliphatic heterocycles. The van der Waals surface area contributed by atoms with Gasteiger partial charge in [-0.1, -0.05) is 78.9 Å². The largest absolute Gasteiger partial charge is 0.467 e. The predicted molar refractivity (Wildman–Crippen MR) is 207 cm³/mol. The van der Waals surface area contributed by atoms with Crippen LogP contribution in [0.5, 0.6) is 0 Å². The van der Waals surface area contributed by atoms with Crippen LogP contribution in [0.1, 0.15) is 34.1 Å². The third-order valence-corrected chi connectivity index (χ3v) is 11.1. The number of nitrogen functional groups attached to an aromatic ring is 1. The molecule has 3 fully saturated rings. The average molecular weight is 796 g/mol. The molecule has 3 aliphatic rings. The average Bonchev–Trinajstić information content (AvgIpc) is 3.80. The van der Waals surface area contributed by atoms with Gasteiger partial charge in [-0.25, -0.2) is 24.5 Å². The maximum Gasteiger partial charge on any atom is 0.338 e. The van der Waals surface area contributed by atoms with E-state index in [9.17, 15) is 9.59 Å². The number of imidazole rings is 1. The molecule has 0 amide bonds. The molecule has 0 radical (unpaired) electrons. The number of fused-ring (bicyclic) bond motifs is 3. The number of nitrogens with zero attached hydrogens (tertiary/aromatic N) is 4. The number of anilines is 1. The van der Waals surface area contributed by atoms with E-state index in [2.05, 4.69) is 15.0 Å². The molecular formula is C41H45N5O10Si. The zero-order valence-electron chi connectivity index (χ0n) is 32.0. The Hall–Kier alpha value is -5.07. The van der Waals surface area contributed by atoms with Crippen LogP contribution in [0, 0.1) is 0 Å². The fraction of sp³-hybridized carbons (Fsp3) is 0.390. The van der Waals surface area contributed by atoms with Crippen molar-refractivity contribution in [2.45, 2.75) is 94.0 Å². The second-order valence-electron chi connectivity index (χ2n) is 15.2. The number of nitrogens with two attached hydrogens (primary N) is 1. The zero-order chi connectivity index (χ0) is 39.7. The molecule has 2 aromatic heterocycles. The molecule has 2 N–H and O–H groups in total. The van der Waals surface area contributed by atoms with Crippen molar-refractivity contribution < 1.29 is 47.2 Å². The van der Waals surface area contributed by atoms with Gasteiger partial charge in [0, 0.05) is 6.42 Å². The number of aromatic nitrogens is 4. The van der Waals surface area contributed by atoms with E-state index in [-0.39, 0.29) is 25.5 Å². The summed E-state index contributed by atoms with van der Waals surface area (Å²) in [4.78, 5) is 40.6. The highest BCUT2D eigenvalue weighted by molar-refractivity contribution is 6.69. The highest BCUT2D eigenvalue weighted by Gasteiger charge is 2.69. The first-order chi connectivity index (χ1) is 27.5. The lowest BCUT2D eigenvalue weighted by Crippen LogP contribution is -2.75. The van der Waals surface area contributed by atoms with E-state index in [1.807, 2.05) is 86.4 Å². The fourth-order valence-corrected chi connectivity index (χ4v) is 9.02. The summed E-state index contributed by atoms with van der Waals surface area (Å²) in [6, 6.07) is 27.9. The number of carbonyl (C=O) groups is 2. The molecule has 0 saturated carbocycles. The van der Waals surface area contributed by atoms with Crippen molar-refractivity contribution in [2.24, 2.45) is 0 Å². The SMILES string of the molecule is COC(=O)[C@H]1O[C@@H]2C[C@H]3O[C@@H](n4cnc5c(N)ncnc54)[C@H](OC(=O)c4ccccc4)[C@H]3O[C@@]2(O[Si](C)(C)C)[C@@H](OCc2ccccc2)[C@@H]1OCc1ccccc1. The molecule has 3 saturated heterocycles. The molecule has 0 bridgehead atoms. The van der Waals surface area contributed by atoms with Crippen LogP contribution in [-0.2, 0) is 55.6 Å². The van der Waals surface area contributed by atoms with E-state index in [0.29, 0.717) is 16.7 Å². The van der Waals surface area contributed by atoms with E-state index in [4.69, 9.17) is 43.3 Å². The van der Waals surface area contributed by atoms with Crippen LogP contribution in [0.25, 0.3) is 11.2 Å². The Morgan fingerprint density at radius 1 is 0.860 bits per heavy atom. The third kappa shape index (κ3) is 7.81. The van der Waals surface area contributed by atoms with Crippen molar-refractivity contribution in [2.75, 3.05) is 12.8 Å². The first-order valence-corrected chi connectivity index (χ1v) is 22.2. The molecule has 15 nitrogen and oxygen atoms in total. The molecule has 8 rings (SSSR count). The van der Waals surface area contributed by atoms with Crippen molar-refractivity contribution in [3.8, 4) is 0 Å². The Morgan fingerprint density at radius 2 is 1.51 bits per heavy atom. The third-order valence-electron chi connectivity index (χ3n) is 10.2. The van der Waals surface area contributed by atoms with Gasteiger partial charge in [-0.3, -0.25) is 4.57 Å². The lowest BCUT2D eigenvalue weighted by molar-refractivity contribution is -0.399. The molecule has 9 atom stereocenters. The number of hydrogen-bond donors (Lipinski definition) is 1. The lowest BCUT2D eigenvalue weighted by Gasteiger charge is -2.57. The van der Waals surface area contributed by atoms with Crippen LogP contribution in [0.15, 0.2) is 104 Å². The Morgan fingerprint density at radius 3 is 2.16 bits per heavy atom. The summed E-state index contributed by atoms with van der Waals surface area (Å²) in [5.41, 5.74) is 8.98. The topological polar surface area (TPSA) is 178 Å². The predicted octanol–water partition coefficient (Wildman–Crippen LogP) is 4.98. The van der Waals surface area contributed by atoms with Crippen LogP contribution in [0.4, 0.5) is 5.82 Å². The highest BCUT2D eigenvalue weighted by Crippen LogP contribution is 2.51. The maximum absolute atomic E-state index is 13.9. The minimum absolute atomic E-state index is 0.120. The monoisotopic (exact) mass is 795 g/mol. The number of carbonyl (C=O) groups excluding carboxylic acids is 2. The van der Waals surface area contributed by atoms with Crippen LogP contribution in [-0.4, -0.2) is 95.4 Å². The van der Waals surface area contributed by atoms with Gasteiger partial charge in [0.25, 0.3) is 0 Å². The van der Waals surface area contributed by atoms with Crippen LogP contribution in [0.2, 0.25) is 19.6 Å². The van der Waals surface area contributed by atoms with E-state index in [1.54, 1.807) is 28.8 Å². The van der Waals surface area contributed by atoms with E-state index < -0.39 is 75.0 Å². The zero-order valence-corrected chi connectivity index (χ0v) is 33.0. The first kappa shape index (κ1) is 38.8. The molecule has 16 heteroatoms. The van der Waals surface area contributed by atoms with E-state index in [0.717, 1.165) is 11.1 Å². The first-order valence-electron chi connectivity index (χ1n) is 18.8. The number of rotatable bonds is 12. The van der Waals surface area contributed by atoms with Gasteiger partial charge in [-0.2, -0.15) is 0 Å². The van der Waals surface area contributed by atoms with Crippen molar-refractivity contribution in [3.63, 3.8) is 0 Å². The van der Waals surface area contributed by atoms with Gasteiger partial charge in [-0.15, -0.1) is 0 Å². The van der Waals surface area contributed by atoms with Gasteiger partial charge in [0.05, 0.1) is 38.3 Å². The molecular weight excluding hydrogens is 751 g/mol. The number of esters is 2. The summed E-state index contributed by atoms with van der Waals surface area (Å²) in [6.07, 6.45) is -5.05. The van der Waals surface area contributed by atoms with Gasteiger partial charge in [0.15, 0.2) is 38.2 Å². The molecule has 0 spiro atoms. The van der Waals surface area contributed by atoms with Crippen LogP contribution >= 0.6 is 0 Å². The lowest BCUT2D eigenvalue weighted by atomic mass is 9.84. The van der Waals surface area contributed by atoms with Crippen molar-refractivity contribution in [1.29, 1.82) is 0 Å². The summed E-state index contributed by atoms with van der Waals surface area (Å²) in [7, 11) is -1.30. The van der Waals surface area contributed by atoms with Gasteiger partial charge in [-0.05, 0) is 42.9 Å². The van der Waals surface area contributed by atoms with Crippen LogP contribution < -0.4 is 5.73 Å². The van der Waals surface area contributed by atoms with Crippen molar-refractivity contribution in [3.05, 3.63) is 120 Å². The van der Waals surface area contributed by atoms with Gasteiger partial charge >= 0.3 is 11.9 Å².